The number of rotatable bonds is 3. The van der Waals surface area contributed by atoms with Gasteiger partial charge in [-0.1, -0.05) is 20.8 Å². The number of hydrogen-bond acceptors (Lipinski definition) is 2. The van der Waals surface area contributed by atoms with E-state index in [0.717, 1.165) is 6.54 Å². The van der Waals surface area contributed by atoms with Crippen LogP contribution in [-0.4, -0.2) is 22.1 Å². The Morgan fingerprint density at radius 3 is 2.94 bits per heavy atom. The van der Waals surface area contributed by atoms with Crippen LogP contribution in [0.5, 0.6) is 0 Å². The molecule has 1 aromatic rings. The minimum Gasteiger partial charge on any atom is -0.333 e. The first-order valence-electron chi connectivity index (χ1n) is 6.33. The quantitative estimate of drug-likeness (QED) is 0.850. The molecule has 90 valence electrons. The van der Waals surface area contributed by atoms with E-state index in [9.17, 15) is 0 Å². The highest BCUT2D eigenvalue weighted by Gasteiger charge is 2.35. The molecule has 1 aliphatic carbocycles. The van der Waals surface area contributed by atoms with Gasteiger partial charge >= 0.3 is 0 Å². The molecule has 0 amide bonds. The molecule has 0 spiro atoms. The van der Waals surface area contributed by atoms with Gasteiger partial charge in [0.05, 0.1) is 12.4 Å². The Bertz CT molecular complexity index is 316. The van der Waals surface area contributed by atoms with Crippen LogP contribution >= 0.6 is 0 Å². The van der Waals surface area contributed by atoms with Gasteiger partial charge in [-0.05, 0) is 31.2 Å². The number of nitrogens with zero attached hydrogens (tertiary/aromatic N) is 2. The normalized spacial score (nSPS) is 29.2. The van der Waals surface area contributed by atoms with Crippen molar-refractivity contribution in [1.29, 1.82) is 0 Å². The summed E-state index contributed by atoms with van der Waals surface area (Å²) in [6.45, 7) is 7.99. The molecule has 0 saturated heterocycles. The van der Waals surface area contributed by atoms with E-state index in [2.05, 4.69) is 41.8 Å². The van der Waals surface area contributed by atoms with Crippen molar-refractivity contribution in [3.8, 4) is 0 Å². The van der Waals surface area contributed by atoms with Gasteiger partial charge in [0.15, 0.2) is 0 Å². The number of hydrogen-bond donors (Lipinski definition) is 1. The molecule has 0 aliphatic heterocycles. The van der Waals surface area contributed by atoms with Crippen LogP contribution in [0.15, 0.2) is 18.7 Å². The van der Waals surface area contributed by atoms with Crippen LogP contribution in [0.25, 0.3) is 0 Å². The zero-order chi connectivity index (χ0) is 11.6. The average Bonchev–Trinajstić information content (AvgIpc) is 2.74. The van der Waals surface area contributed by atoms with Gasteiger partial charge in [0, 0.05) is 18.4 Å². The molecule has 3 nitrogen and oxygen atoms in total. The van der Waals surface area contributed by atoms with Crippen LogP contribution in [0.4, 0.5) is 0 Å². The predicted octanol–water partition coefficient (Wildman–Crippen LogP) is 2.61. The van der Waals surface area contributed by atoms with Crippen LogP contribution in [0.3, 0.4) is 0 Å². The maximum Gasteiger partial charge on any atom is 0.0949 e. The molecule has 1 aliphatic rings. The average molecular weight is 221 g/mol. The molecular formula is C13H23N3. The lowest BCUT2D eigenvalue weighted by Crippen LogP contribution is -2.43. The van der Waals surface area contributed by atoms with E-state index in [1.807, 2.05) is 12.5 Å². The Morgan fingerprint density at radius 1 is 1.50 bits per heavy atom. The Morgan fingerprint density at radius 2 is 2.31 bits per heavy atom. The van der Waals surface area contributed by atoms with Gasteiger partial charge in [-0.15, -0.1) is 0 Å². The fourth-order valence-electron chi connectivity index (χ4n) is 2.83. The minimum absolute atomic E-state index is 0.459. The van der Waals surface area contributed by atoms with Crippen molar-refractivity contribution in [1.82, 2.24) is 14.9 Å². The summed E-state index contributed by atoms with van der Waals surface area (Å²) in [4.78, 5) is 4.17. The summed E-state index contributed by atoms with van der Waals surface area (Å²) >= 11 is 0. The third kappa shape index (κ3) is 2.46. The Balaban J connectivity index is 2.15. The fourth-order valence-corrected chi connectivity index (χ4v) is 2.83. The highest BCUT2D eigenvalue weighted by atomic mass is 15.1. The lowest BCUT2D eigenvalue weighted by molar-refractivity contribution is 0.143. The molecule has 0 radical (unpaired) electrons. The topological polar surface area (TPSA) is 29.9 Å². The molecule has 3 heteroatoms. The Hall–Kier alpha value is -0.830. The third-order valence-electron chi connectivity index (χ3n) is 3.73. The highest BCUT2D eigenvalue weighted by Crippen LogP contribution is 2.40. The molecule has 0 bridgehead atoms. The first kappa shape index (κ1) is 11.6. The monoisotopic (exact) mass is 221 g/mol. The van der Waals surface area contributed by atoms with E-state index < -0.39 is 0 Å². The molecule has 0 aromatic carbocycles. The summed E-state index contributed by atoms with van der Waals surface area (Å²) in [7, 11) is 0. The van der Waals surface area contributed by atoms with Crippen molar-refractivity contribution in [3.05, 3.63) is 18.7 Å². The number of nitrogens with one attached hydrogen (secondary N) is 1. The maximum absolute atomic E-state index is 4.17. The molecule has 2 unspecified atom stereocenters. The van der Waals surface area contributed by atoms with Gasteiger partial charge in [-0.2, -0.15) is 0 Å². The summed E-state index contributed by atoms with van der Waals surface area (Å²) in [5.41, 5.74) is 0.459. The van der Waals surface area contributed by atoms with Crippen molar-refractivity contribution >= 4 is 0 Å². The summed E-state index contributed by atoms with van der Waals surface area (Å²) in [6, 6.07) is 1.17. The van der Waals surface area contributed by atoms with Gasteiger partial charge in [-0.25, -0.2) is 4.98 Å². The molecule has 2 rings (SSSR count). The smallest absolute Gasteiger partial charge is 0.0949 e. The molecule has 2 atom stereocenters. The molecule has 1 saturated carbocycles. The maximum atomic E-state index is 4.17. The van der Waals surface area contributed by atoms with Gasteiger partial charge in [0.2, 0.25) is 0 Å². The van der Waals surface area contributed by atoms with Crippen LogP contribution < -0.4 is 5.32 Å². The number of imidazole rings is 1. The fraction of sp³-hybridized carbons (Fsp3) is 0.769. The van der Waals surface area contributed by atoms with E-state index in [4.69, 9.17) is 0 Å². The SMILES string of the molecule is CCNC1CCC(C)(C)CC1n1ccnc1. The van der Waals surface area contributed by atoms with Gasteiger partial charge < -0.3 is 9.88 Å². The van der Waals surface area contributed by atoms with Gasteiger partial charge in [0.1, 0.15) is 0 Å². The van der Waals surface area contributed by atoms with Crippen LogP contribution in [0.2, 0.25) is 0 Å². The van der Waals surface area contributed by atoms with Crippen molar-refractivity contribution < 1.29 is 0 Å². The predicted molar refractivity (Wildman–Crippen MR) is 66.4 cm³/mol. The first-order valence-corrected chi connectivity index (χ1v) is 6.33. The van der Waals surface area contributed by atoms with E-state index in [1.54, 1.807) is 0 Å². The Kier molecular flexibility index (Phi) is 3.33. The summed E-state index contributed by atoms with van der Waals surface area (Å²) in [5.74, 6) is 0. The number of aromatic nitrogens is 2. The Labute approximate surface area is 98.3 Å². The molecular weight excluding hydrogens is 198 g/mol. The van der Waals surface area contributed by atoms with Crippen molar-refractivity contribution in [2.24, 2.45) is 5.41 Å². The second-order valence-corrected chi connectivity index (χ2v) is 5.65. The number of likely N-dealkylation sites (N-methyl/N-ethyl adjacent to an activating group) is 1. The first-order chi connectivity index (χ1) is 7.62. The largest absolute Gasteiger partial charge is 0.333 e. The lowest BCUT2D eigenvalue weighted by atomic mass is 9.73. The molecule has 1 N–H and O–H groups in total. The zero-order valence-electron chi connectivity index (χ0n) is 10.6. The standard InChI is InChI=1S/C13H23N3/c1-4-15-11-5-6-13(2,3)9-12(11)16-8-7-14-10-16/h7-8,10-12,15H,4-6,9H2,1-3H3. The van der Waals surface area contributed by atoms with Crippen LogP contribution in [0.1, 0.15) is 46.1 Å². The molecule has 1 fully saturated rings. The van der Waals surface area contributed by atoms with Gasteiger partial charge in [0.25, 0.3) is 0 Å². The lowest BCUT2D eigenvalue weighted by Gasteiger charge is -2.41. The molecule has 1 heterocycles. The van der Waals surface area contributed by atoms with E-state index in [0.29, 0.717) is 17.5 Å². The van der Waals surface area contributed by atoms with Gasteiger partial charge in [-0.3, -0.25) is 0 Å². The van der Waals surface area contributed by atoms with Crippen molar-refractivity contribution in [2.45, 2.75) is 52.1 Å². The van der Waals surface area contributed by atoms with Crippen molar-refractivity contribution in [3.63, 3.8) is 0 Å². The minimum atomic E-state index is 0.459. The summed E-state index contributed by atoms with van der Waals surface area (Å²) in [6.07, 6.45) is 9.75. The second-order valence-electron chi connectivity index (χ2n) is 5.65. The van der Waals surface area contributed by atoms with E-state index in [-0.39, 0.29) is 0 Å². The zero-order valence-corrected chi connectivity index (χ0v) is 10.6. The summed E-state index contributed by atoms with van der Waals surface area (Å²) in [5, 5.41) is 3.61. The van der Waals surface area contributed by atoms with E-state index >= 15 is 0 Å². The van der Waals surface area contributed by atoms with E-state index in [1.165, 1.54) is 19.3 Å². The third-order valence-corrected chi connectivity index (χ3v) is 3.73. The highest BCUT2D eigenvalue weighted by molar-refractivity contribution is 4.94. The second kappa shape index (κ2) is 4.58. The van der Waals surface area contributed by atoms with Crippen LogP contribution in [-0.2, 0) is 0 Å². The van der Waals surface area contributed by atoms with Crippen molar-refractivity contribution in [2.75, 3.05) is 6.54 Å². The molecule has 1 aromatic heterocycles. The molecule has 16 heavy (non-hydrogen) atoms. The summed E-state index contributed by atoms with van der Waals surface area (Å²) < 4.78 is 2.27. The van der Waals surface area contributed by atoms with Crippen LogP contribution in [0, 0.1) is 5.41 Å².